The van der Waals surface area contributed by atoms with Crippen LogP contribution >= 0.6 is 0 Å². The van der Waals surface area contributed by atoms with E-state index in [4.69, 9.17) is 9.47 Å². The first-order valence-electron chi connectivity index (χ1n) is 10.3. The summed E-state index contributed by atoms with van der Waals surface area (Å²) in [5.74, 6) is 0.143. The largest absolute Gasteiger partial charge is 0.497 e. The molecule has 0 saturated heterocycles. The summed E-state index contributed by atoms with van der Waals surface area (Å²) < 4.78 is 23.8. The molecule has 0 aliphatic heterocycles. The summed E-state index contributed by atoms with van der Waals surface area (Å²) in [6, 6.07) is 12.1. The van der Waals surface area contributed by atoms with Crippen LogP contribution in [0.3, 0.4) is 0 Å². The Morgan fingerprint density at radius 3 is 2.13 bits per heavy atom. The molecule has 31 heavy (non-hydrogen) atoms. The van der Waals surface area contributed by atoms with E-state index in [1.165, 1.54) is 29.2 Å². The molecule has 6 nitrogen and oxygen atoms in total. The van der Waals surface area contributed by atoms with Crippen molar-refractivity contribution in [1.29, 1.82) is 0 Å². The molecule has 0 saturated carbocycles. The first kappa shape index (κ1) is 24.2. The lowest BCUT2D eigenvalue weighted by atomic mass is 10.1. The lowest BCUT2D eigenvalue weighted by molar-refractivity contribution is -0.143. The summed E-state index contributed by atoms with van der Waals surface area (Å²) in [4.78, 5) is 27.6. The molecule has 168 valence electrons. The zero-order chi connectivity index (χ0) is 23.0. The molecule has 2 aromatic rings. The Balaban J connectivity index is 2.22. The highest BCUT2D eigenvalue weighted by molar-refractivity contribution is 5.88. The molecule has 2 rings (SSSR count). The second-order valence-electron chi connectivity index (χ2n) is 8.28. The molecule has 0 fully saturated rings. The quantitative estimate of drug-likeness (QED) is 0.655. The molecule has 1 atom stereocenters. The van der Waals surface area contributed by atoms with Gasteiger partial charge in [0.25, 0.3) is 5.91 Å². The number of amides is 2. The van der Waals surface area contributed by atoms with Crippen molar-refractivity contribution in [1.82, 2.24) is 10.2 Å². The Labute approximate surface area is 183 Å². The molecule has 0 aromatic heterocycles. The maximum Gasteiger partial charge on any atom is 0.261 e. The zero-order valence-electron chi connectivity index (χ0n) is 18.8. The number of hydrogen-bond acceptors (Lipinski definition) is 4. The third kappa shape index (κ3) is 7.59. The van der Waals surface area contributed by atoms with Crippen LogP contribution in [0.15, 0.2) is 48.5 Å². The van der Waals surface area contributed by atoms with Crippen LogP contribution in [0, 0.1) is 5.82 Å². The predicted octanol–water partition coefficient (Wildman–Crippen LogP) is 3.94. The molecular weight excluding hydrogens is 399 g/mol. The minimum absolute atomic E-state index is 0.223. The van der Waals surface area contributed by atoms with Crippen molar-refractivity contribution in [3.8, 4) is 11.5 Å². The Hall–Kier alpha value is -3.09. The number of nitrogens with one attached hydrogen (secondary N) is 1. The van der Waals surface area contributed by atoms with Crippen LogP contribution in [0.2, 0.25) is 0 Å². The van der Waals surface area contributed by atoms with Gasteiger partial charge < -0.3 is 19.7 Å². The molecule has 7 heteroatoms. The van der Waals surface area contributed by atoms with Crippen LogP contribution < -0.4 is 14.8 Å². The van der Waals surface area contributed by atoms with E-state index >= 15 is 0 Å². The second kappa shape index (κ2) is 10.8. The average Bonchev–Trinajstić information content (AvgIpc) is 2.72. The third-order valence-corrected chi connectivity index (χ3v) is 4.57. The van der Waals surface area contributed by atoms with Gasteiger partial charge in [-0.3, -0.25) is 9.59 Å². The van der Waals surface area contributed by atoms with Crippen molar-refractivity contribution >= 4 is 11.8 Å². The van der Waals surface area contributed by atoms with Gasteiger partial charge in [-0.1, -0.05) is 19.1 Å². The van der Waals surface area contributed by atoms with Crippen LogP contribution in [0.1, 0.15) is 39.7 Å². The van der Waals surface area contributed by atoms with Crippen molar-refractivity contribution in [2.45, 2.75) is 52.2 Å². The topological polar surface area (TPSA) is 67.9 Å². The minimum atomic E-state index is -0.661. The fourth-order valence-electron chi connectivity index (χ4n) is 3.06. The van der Waals surface area contributed by atoms with Gasteiger partial charge in [-0.05, 0) is 69.2 Å². The fraction of sp³-hybridized carbons (Fsp3) is 0.417. The van der Waals surface area contributed by atoms with Gasteiger partial charge in [-0.15, -0.1) is 0 Å². The molecule has 1 unspecified atom stereocenters. The number of methoxy groups -OCH3 is 1. The smallest absolute Gasteiger partial charge is 0.261 e. The highest BCUT2D eigenvalue weighted by atomic mass is 19.1. The van der Waals surface area contributed by atoms with Crippen molar-refractivity contribution in [2.24, 2.45) is 0 Å². The van der Waals surface area contributed by atoms with E-state index in [0.717, 1.165) is 5.56 Å². The predicted molar refractivity (Wildman–Crippen MR) is 117 cm³/mol. The van der Waals surface area contributed by atoms with E-state index in [2.05, 4.69) is 5.32 Å². The maximum absolute atomic E-state index is 13.1. The van der Waals surface area contributed by atoms with E-state index in [-0.39, 0.29) is 30.8 Å². The minimum Gasteiger partial charge on any atom is -0.497 e. The maximum atomic E-state index is 13.1. The van der Waals surface area contributed by atoms with Gasteiger partial charge >= 0.3 is 0 Å². The van der Waals surface area contributed by atoms with Gasteiger partial charge in [-0.25, -0.2) is 4.39 Å². The number of halogens is 1. The molecule has 0 heterocycles. The van der Waals surface area contributed by atoms with Crippen LogP contribution in [-0.4, -0.2) is 42.0 Å². The summed E-state index contributed by atoms with van der Waals surface area (Å²) >= 11 is 0. The Bertz CT molecular complexity index is 861. The van der Waals surface area contributed by atoms with E-state index in [1.807, 2.05) is 52.0 Å². The van der Waals surface area contributed by atoms with E-state index in [9.17, 15) is 14.0 Å². The zero-order valence-corrected chi connectivity index (χ0v) is 18.8. The number of ether oxygens (including phenoxy) is 2. The van der Waals surface area contributed by atoms with Crippen molar-refractivity contribution in [3.05, 3.63) is 59.9 Å². The summed E-state index contributed by atoms with van der Waals surface area (Å²) in [6.07, 6.45) is 0.445. The number of carbonyl (C=O) groups is 2. The third-order valence-electron chi connectivity index (χ3n) is 4.57. The van der Waals surface area contributed by atoms with E-state index < -0.39 is 11.6 Å². The van der Waals surface area contributed by atoms with Gasteiger partial charge in [0.15, 0.2) is 6.61 Å². The Kier molecular flexibility index (Phi) is 8.42. The number of benzene rings is 2. The van der Waals surface area contributed by atoms with Crippen molar-refractivity contribution < 1.29 is 23.5 Å². The van der Waals surface area contributed by atoms with Gasteiger partial charge in [0.1, 0.15) is 23.4 Å². The van der Waals surface area contributed by atoms with E-state index in [1.54, 1.807) is 7.11 Å². The lowest BCUT2D eigenvalue weighted by Crippen LogP contribution is -2.54. The molecule has 0 radical (unpaired) electrons. The molecule has 2 aromatic carbocycles. The van der Waals surface area contributed by atoms with Gasteiger partial charge in [0.2, 0.25) is 5.91 Å². The molecule has 0 bridgehead atoms. The van der Waals surface area contributed by atoms with E-state index in [0.29, 0.717) is 17.9 Å². The summed E-state index contributed by atoms with van der Waals surface area (Å²) in [5.41, 5.74) is 0.433. The average molecular weight is 431 g/mol. The van der Waals surface area contributed by atoms with Gasteiger partial charge in [0.05, 0.1) is 7.11 Å². The standard InChI is InChI=1S/C24H31FN2O4/c1-6-21(23(29)26-24(2,3)4)27(15-17-7-11-19(30-5)12-8-17)22(28)16-31-20-13-9-18(25)10-14-20/h7-14,21H,6,15-16H2,1-5H3,(H,26,29). The monoisotopic (exact) mass is 430 g/mol. The number of nitrogens with zero attached hydrogens (tertiary/aromatic N) is 1. The number of rotatable bonds is 9. The van der Waals surface area contributed by atoms with Crippen LogP contribution in [0.4, 0.5) is 4.39 Å². The number of carbonyl (C=O) groups excluding carboxylic acids is 2. The molecule has 0 aliphatic carbocycles. The highest BCUT2D eigenvalue weighted by Gasteiger charge is 2.30. The summed E-state index contributed by atoms with van der Waals surface area (Å²) in [7, 11) is 1.58. The van der Waals surface area contributed by atoms with Crippen LogP contribution in [0.5, 0.6) is 11.5 Å². The van der Waals surface area contributed by atoms with Crippen LogP contribution in [-0.2, 0) is 16.1 Å². The normalized spacial score (nSPS) is 12.1. The molecule has 0 spiro atoms. The molecule has 0 aliphatic rings. The Morgan fingerprint density at radius 2 is 1.61 bits per heavy atom. The Morgan fingerprint density at radius 1 is 1.03 bits per heavy atom. The fourth-order valence-corrected chi connectivity index (χ4v) is 3.06. The summed E-state index contributed by atoms with van der Waals surface area (Å²) in [6.45, 7) is 7.52. The first-order valence-corrected chi connectivity index (χ1v) is 10.3. The van der Waals surface area contributed by atoms with Gasteiger partial charge in [0, 0.05) is 12.1 Å². The van der Waals surface area contributed by atoms with Gasteiger partial charge in [-0.2, -0.15) is 0 Å². The highest BCUT2D eigenvalue weighted by Crippen LogP contribution is 2.18. The summed E-state index contributed by atoms with van der Waals surface area (Å²) in [5, 5.41) is 2.95. The first-order chi connectivity index (χ1) is 14.6. The second-order valence-corrected chi connectivity index (χ2v) is 8.28. The molecule has 2 amide bonds. The van der Waals surface area contributed by atoms with Crippen molar-refractivity contribution in [2.75, 3.05) is 13.7 Å². The SMILES string of the molecule is CCC(C(=O)NC(C)(C)C)N(Cc1ccc(OC)cc1)C(=O)COc1ccc(F)cc1. The van der Waals surface area contributed by atoms with Crippen LogP contribution in [0.25, 0.3) is 0 Å². The lowest BCUT2D eigenvalue weighted by Gasteiger charge is -2.33. The van der Waals surface area contributed by atoms with Crippen molar-refractivity contribution in [3.63, 3.8) is 0 Å². The number of hydrogen-bond donors (Lipinski definition) is 1. The molecule has 1 N–H and O–H groups in total. The molecular formula is C24H31FN2O4.